The lowest BCUT2D eigenvalue weighted by Crippen LogP contribution is -2.10. The van der Waals surface area contributed by atoms with Gasteiger partial charge in [0.2, 0.25) is 0 Å². The van der Waals surface area contributed by atoms with Crippen LogP contribution in [0.5, 0.6) is 0 Å². The number of hydrazine groups is 1. The van der Waals surface area contributed by atoms with Gasteiger partial charge in [-0.3, -0.25) is 0 Å². The van der Waals surface area contributed by atoms with Gasteiger partial charge in [-0.25, -0.2) is 5.84 Å². The number of nitrogens with one attached hydrogen (secondary N) is 2. The smallest absolute Gasteiger partial charge is 0.174 e. The molecule has 0 aliphatic rings. The first-order valence-corrected chi connectivity index (χ1v) is 3.89. The molecule has 0 fully saturated rings. The van der Waals surface area contributed by atoms with Gasteiger partial charge in [-0.05, 0) is 6.92 Å². The Kier molecular flexibility index (Phi) is 3.07. The number of anilines is 2. The van der Waals surface area contributed by atoms with Crippen LogP contribution in [-0.2, 0) is 0 Å². The van der Waals surface area contributed by atoms with E-state index in [9.17, 15) is 0 Å². The van der Waals surface area contributed by atoms with Crippen LogP contribution in [0.1, 0.15) is 6.92 Å². The predicted molar refractivity (Wildman–Crippen MR) is 49.0 cm³/mol. The van der Waals surface area contributed by atoms with Crippen LogP contribution in [0.3, 0.4) is 0 Å². The van der Waals surface area contributed by atoms with Gasteiger partial charge in [0.05, 0.1) is 5.69 Å². The summed E-state index contributed by atoms with van der Waals surface area (Å²) in [6.45, 7) is 2.74. The third-order valence-electron chi connectivity index (χ3n) is 1.26. The highest BCUT2D eigenvalue weighted by atomic mass is 35.5. The number of halogens is 1. The van der Waals surface area contributed by atoms with Gasteiger partial charge >= 0.3 is 0 Å². The van der Waals surface area contributed by atoms with Crippen molar-refractivity contribution in [2.24, 2.45) is 5.84 Å². The molecular weight excluding hydrogens is 178 g/mol. The average Bonchev–Trinajstić information content (AvgIpc) is 2.09. The van der Waals surface area contributed by atoms with Gasteiger partial charge in [-0.15, -0.1) is 10.2 Å². The maximum atomic E-state index is 5.73. The van der Waals surface area contributed by atoms with Gasteiger partial charge in [0, 0.05) is 12.6 Å². The van der Waals surface area contributed by atoms with Crippen LogP contribution in [0.4, 0.5) is 11.5 Å². The zero-order valence-electron chi connectivity index (χ0n) is 6.63. The number of hydrogen-bond acceptors (Lipinski definition) is 5. The van der Waals surface area contributed by atoms with Crippen molar-refractivity contribution in [1.29, 1.82) is 0 Å². The normalized spacial score (nSPS) is 9.58. The highest BCUT2D eigenvalue weighted by molar-refractivity contribution is 6.31. The lowest BCUT2D eigenvalue weighted by molar-refractivity contribution is 1.02. The molecule has 1 aromatic rings. The van der Waals surface area contributed by atoms with Gasteiger partial charge in [-0.2, -0.15) is 0 Å². The van der Waals surface area contributed by atoms with Crippen LogP contribution in [-0.4, -0.2) is 16.7 Å². The monoisotopic (exact) mass is 187 g/mol. The van der Waals surface area contributed by atoms with Gasteiger partial charge in [-0.1, -0.05) is 11.6 Å². The summed E-state index contributed by atoms with van der Waals surface area (Å²) < 4.78 is 0. The fourth-order valence-electron chi connectivity index (χ4n) is 0.762. The van der Waals surface area contributed by atoms with Gasteiger partial charge in [0.15, 0.2) is 11.0 Å². The van der Waals surface area contributed by atoms with Crippen molar-refractivity contribution < 1.29 is 0 Å². The van der Waals surface area contributed by atoms with Crippen molar-refractivity contribution in [2.75, 3.05) is 17.3 Å². The highest BCUT2D eigenvalue weighted by Gasteiger charge is 2.01. The summed E-state index contributed by atoms with van der Waals surface area (Å²) in [6.07, 6.45) is 0. The molecule has 0 spiro atoms. The number of hydrogen-bond donors (Lipinski definition) is 3. The fraction of sp³-hybridized carbons (Fsp3) is 0.333. The van der Waals surface area contributed by atoms with Crippen LogP contribution in [0.2, 0.25) is 5.15 Å². The Labute approximate surface area is 75.3 Å². The summed E-state index contributed by atoms with van der Waals surface area (Å²) in [6, 6.07) is 1.69. The molecule has 1 heterocycles. The molecule has 12 heavy (non-hydrogen) atoms. The highest BCUT2D eigenvalue weighted by Crippen LogP contribution is 2.19. The molecule has 0 bridgehead atoms. The van der Waals surface area contributed by atoms with Crippen molar-refractivity contribution in [3.63, 3.8) is 0 Å². The molecule has 5 nitrogen and oxygen atoms in total. The maximum absolute atomic E-state index is 5.73. The number of aromatic nitrogens is 2. The molecule has 0 radical (unpaired) electrons. The summed E-state index contributed by atoms with van der Waals surface area (Å²) in [5.41, 5.74) is 3.10. The summed E-state index contributed by atoms with van der Waals surface area (Å²) in [4.78, 5) is 0. The number of rotatable bonds is 3. The molecule has 0 unspecified atom stereocenters. The lowest BCUT2D eigenvalue weighted by atomic mass is 10.4. The Bertz CT molecular complexity index is 264. The van der Waals surface area contributed by atoms with Crippen molar-refractivity contribution in [3.8, 4) is 0 Å². The van der Waals surface area contributed by atoms with Crippen molar-refractivity contribution in [3.05, 3.63) is 11.2 Å². The minimum Gasteiger partial charge on any atom is -0.383 e. The minimum absolute atomic E-state index is 0.343. The molecule has 0 aliphatic carbocycles. The zero-order chi connectivity index (χ0) is 8.97. The molecular formula is C6H10ClN5. The maximum Gasteiger partial charge on any atom is 0.174 e. The van der Waals surface area contributed by atoms with Gasteiger partial charge in [0.25, 0.3) is 0 Å². The van der Waals surface area contributed by atoms with Gasteiger partial charge in [0.1, 0.15) is 0 Å². The first kappa shape index (κ1) is 9.02. The second kappa shape index (κ2) is 4.08. The largest absolute Gasteiger partial charge is 0.383 e. The predicted octanol–water partition coefficient (Wildman–Crippen LogP) is 0.847. The first-order chi connectivity index (χ1) is 5.77. The SMILES string of the molecule is CCNc1cc(NN)nnc1Cl. The summed E-state index contributed by atoms with van der Waals surface area (Å²) in [7, 11) is 0. The first-order valence-electron chi connectivity index (χ1n) is 3.51. The standard InChI is InChI=1S/C6H10ClN5/c1-2-9-4-3-5(10-8)11-12-6(4)7/h3H,2,8H2,1H3,(H2,9,10,11). The molecule has 1 rings (SSSR count). The molecule has 0 aromatic carbocycles. The van der Waals surface area contributed by atoms with E-state index in [4.69, 9.17) is 17.4 Å². The molecule has 0 saturated heterocycles. The van der Waals surface area contributed by atoms with Crippen LogP contribution in [0.25, 0.3) is 0 Å². The van der Waals surface area contributed by atoms with Crippen molar-refractivity contribution in [2.45, 2.75) is 6.92 Å². The molecule has 1 aromatic heterocycles. The van der Waals surface area contributed by atoms with E-state index in [0.29, 0.717) is 11.0 Å². The molecule has 0 amide bonds. The van der Waals surface area contributed by atoms with E-state index in [2.05, 4.69) is 20.9 Å². The molecule has 4 N–H and O–H groups in total. The Morgan fingerprint density at radius 1 is 1.58 bits per heavy atom. The number of nitrogens with two attached hydrogens (primary N) is 1. The minimum atomic E-state index is 0.343. The van der Waals surface area contributed by atoms with E-state index in [1.807, 2.05) is 6.92 Å². The lowest BCUT2D eigenvalue weighted by Gasteiger charge is -2.05. The van der Waals surface area contributed by atoms with Crippen LogP contribution in [0, 0.1) is 0 Å². The second-order valence-corrected chi connectivity index (χ2v) is 2.47. The topological polar surface area (TPSA) is 75.9 Å². The van der Waals surface area contributed by atoms with E-state index in [-0.39, 0.29) is 0 Å². The zero-order valence-corrected chi connectivity index (χ0v) is 7.39. The Morgan fingerprint density at radius 2 is 2.33 bits per heavy atom. The quantitative estimate of drug-likeness (QED) is 0.483. The molecule has 66 valence electrons. The van der Waals surface area contributed by atoms with Crippen LogP contribution >= 0.6 is 11.6 Å². The summed E-state index contributed by atoms with van der Waals surface area (Å²) >= 11 is 5.73. The third kappa shape index (κ3) is 1.96. The van der Waals surface area contributed by atoms with Gasteiger partial charge < -0.3 is 10.7 Å². The summed E-state index contributed by atoms with van der Waals surface area (Å²) in [5.74, 6) is 5.62. The van der Waals surface area contributed by atoms with E-state index in [1.165, 1.54) is 0 Å². The molecule has 0 atom stereocenters. The molecule has 6 heteroatoms. The summed E-state index contributed by atoms with van der Waals surface area (Å²) in [5, 5.41) is 10.7. The Balaban J connectivity index is 2.91. The molecule has 0 saturated carbocycles. The second-order valence-electron chi connectivity index (χ2n) is 2.11. The van der Waals surface area contributed by atoms with Crippen LogP contribution in [0.15, 0.2) is 6.07 Å². The number of nitrogen functional groups attached to an aromatic ring is 1. The van der Waals surface area contributed by atoms with Crippen LogP contribution < -0.4 is 16.6 Å². The fourth-order valence-corrected chi connectivity index (χ4v) is 0.921. The van der Waals surface area contributed by atoms with E-state index in [0.717, 1.165) is 12.2 Å². The van der Waals surface area contributed by atoms with Crippen molar-refractivity contribution >= 4 is 23.1 Å². The van der Waals surface area contributed by atoms with E-state index >= 15 is 0 Å². The van der Waals surface area contributed by atoms with E-state index in [1.54, 1.807) is 6.07 Å². The Hall–Kier alpha value is -1.07. The Morgan fingerprint density at radius 3 is 2.92 bits per heavy atom. The number of nitrogens with zero attached hydrogens (tertiary/aromatic N) is 2. The van der Waals surface area contributed by atoms with Crippen molar-refractivity contribution in [1.82, 2.24) is 10.2 Å². The third-order valence-corrected chi connectivity index (χ3v) is 1.54. The van der Waals surface area contributed by atoms with E-state index < -0.39 is 0 Å². The molecule has 0 aliphatic heterocycles. The average molecular weight is 188 g/mol.